The Labute approximate surface area is 99.3 Å². The average Bonchev–Trinajstić information content (AvgIpc) is 2.42. The quantitative estimate of drug-likeness (QED) is 0.767. The largest absolute Gasteiger partial charge is 0.333 e. The van der Waals surface area contributed by atoms with Crippen molar-refractivity contribution in [2.75, 3.05) is 7.05 Å². The van der Waals surface area contributed by atoms with Gasteiger partial charge in [-0.3, -0.25) is 0 Å². The van der Waals surface area contributed by atoms with Crippen molar-refractivity contribution in [2.45, 2.75) is 27.2 Å². The SMILES string of the molecule is CC.CCc1cccc2ccccc12.CN. The second-order valence-corrected chi connectivity index (χ2v) is 2.99. The van der Waals surface area contributed by atoms with Gasteiger partial charge >= 0.3 is 0 Å². The molecule has 1 nitrogen and oxygen atoms in total. The molecule has 0 atom stereocenters. The Morgan fingerprint density at radius 1 is 0.875 bits per heavy atom. The topological polar surface area (TPSA) is 26.0 Å². The minimum Gasteiger partial charge on any atom is -0.333 e. The van der Waals surface area contributed by atoms with Crippen molar-refractivity contribution in [3.8, 4) is 0 Å². The first-order valence-electron chi connectivity index (χ1n) is 5.96. The number of fused-ring (bicyclic) bond motifs is 1. The van der Waals surface area contributed by atoms with Crippen molar-refractivity contribution < 1.29 is 0 Å². The number of rotatable bonds is 1. The molecule has 0 aromatic heterocycles. The van der Waals surface area contributed by atoms with Gasteiger partial charge in [-0.15, -0.1) is 0 Å². The molecule has 1 heteroatoms. The van der Waals surface area contributed by atoms with E-state index in [0.717, 1.165) is 6.42 Å². The van der Waals surface area contributed by atoms with E-state index >= 15 is 0 Å². The minimum atomic E-state index is 1.11. The lowest BCUT2D eigenvalue weighted by Gasteiger charge is -2.02. The average molecular weight is 217 g/mol. The number of hydrogen-bond acceptors (Lipinski definition) is 1. The molecule has 2 aromatic rings. The molecule has 88 valence electrons. The van der Waals surface area contributed by atoms with Crippen LogP contribution in [0.1, 0.15) is 26.3 Å². The lowest BCUT2D eigenvalue weighted by Crippen LogP contribution is -1.81. The van der Waals surface area contributed by atoms with Gasteiger partial charge in [-0.05, 0) is 29.8 Å². The summed E-state index contributed by atoms with van der Waals surface area (Å²) < 4.78 is 0. The first-order valence-corrected chi connectivity index (χ1v) is 5.96. The van der Waals surface area contributed by atoms with Crippen LogP contribution in [-0.2, 0) is 6.42 Å². The van der Waals surface area contributed by atoms with E-state index in [-0.39, 0.29) is 0 Å². The standard InChI is InChI=1S/C12H12.C2H6.CH5N/c1-2-10-7-5-8-11-6-3-4-9-12(10)11;2*1-2/h3-9H,2H2,1H3;1-2H3;2H2,1H3. The van der Waals surface area contributed by atoms with E-state index in [4.69, 9.17) is 0 Å². The van der Waals surface area contributed by atoms with Gasteiger partial charge in [0.1, 0.15) is 0 Å². The van der Waals surface area contributed by atoms with Crippen molar-refractivity contribution in [1.82, 2.24) is 0 Å². The first-order chi connectivity index (χ1) is 7.92. The summed E-state index contributed by atoms with van der Waals surface area (Å²) in [5, 5.41) is 2.74. The fourth-order valence-corrected chi connectivity index (χ4v) is 1.60. The number of nitrogens with two attached hydrogens (primary N) is 1. The fraction of sp³-hybridized carbons (Fsp3) is 0.333. The molecule has 2 N–H and O–H groups in total. The van der Waals surface area contributed by atoms with Crippen LogP contribution in [0.4, 0.5) is 0 Å². The van der Waals surface area contributed by atoms with E-state index in [9.17, 15) is 0 Å². The van der Waals surface area contributed by atoms with E-state index < -0.39 is 0 Å². The molecule has 2 rings (SSSR count). The monoisotopic (exact) mass is 217 g/mol. The molecule has 0 bridgehead atoms. The number of aryl methyl sites for hydroxylation is 1. The summed E-state index contributed by atoms with van der Waals surface area (Å²) in [6.45, 7) is 6.20. The Morgan fingerprint density at radius 3 is 2.06 bits per heavy atom. The van der Waals surface area contributed by atoms with Crippen LogP contribution in [0.25, 0.3) is 10.8 Å². The first kappa shape index (κ1) is 14.7. The van der Waals surface area contributed by atoms with Crippen LogP contribution >= 0.6 is 0 Å². The maximum Gasteiger partial charge on any atom is -0.0152 e. The zero-order chi connectivity index (χ0) is 12.4. The third kappa shape index (κ3) is 3.67. The van der Waals surface area contributed by atoms with Gasteiger partial charge in [0.15, 0.2) is 0 Å². The molecule has 0 unspecified atom stereocenters. The molecule has 0 saturated heterocycles. The van der Waals surface area contributed by atoms with Gasteiger partial charge in [-0.2, -0.15) is 0 Å². The lowest BCUT2D eigenvalue weighted by atomic mass is 10.0. The third-order valence-electron chi connectivity index (χ3n) is 2.26. The lowest BCUT2D eigenvalue weighted by molar-refractivity contribution is 1.16. The number of hydrogen-bond donors (Lipinski definition) is 1. The molecule has 0 saturated carbocycles. The minimum absolute atomic E-state index is 1.11. The van der Waals surface area contributed by atoms with Gasteiger partial charge in [0.05, 0.1) is 0 Å². The maximum atomic E-state index is 4.50. The summed E-state index contributed by atoms with van der Waals surface area (Å²) in [6, 6.07) is 15.0. The Hall–Kier alpha value is -1.34. The van der Waals surface area contributed by atoms with Crippen LogP contribution in [-0.4, -0.2) is 7.05 Å². The fourth-order valence-electron chi connectivity index (χ4n) is 1.60. The zero-order valence-corrected chi connectivity index (χ0v) is 10.8. The predicted octanol–water partition coefficient (Wildman–Crippen LogP) is 4.00. The van der Waals surface area contributed by atoms with Crippen LogP contribution < -0.4 is 5.73 Å². The van der Waals surface area contributed by atoms with E-state index in [1.165, 1.54) is 23.4 Å². The van der Waals surface area contributed by atoms with E-state index in [0.29, 0.717) is 0 Å². The number of benzene rings is 2. The third-order valence-corrected chi connectivity index (χ3v) is 2.26. The Balaban J connectivity index is 0.000000509. The van der Waals surface area contributed by atoms with Crippen molar-refractivity contribution in [2.24, 2.45) is 5.73 Å². The molecule has 2 aromatic carbocycles. The molecule has 16 heavy (non-hydrogen) atoms. The molecule has 0 spiro atoms. The molecule has 0 radical (unpaired) electrons. The summed E-state index contributed by atoms with van der Waals surface area (Å²) in [6.07, 6.45) is 1.11. The summed E-state index contributed by atoms with van der Waals surface area (Å²) in [5.74, 6) is 0. The second-order valence-electron chi connectivity index (χ2n) is 2.99. The molecule has 0 heterocycles. The highest BCUT2D eigenvalue weighted by molar-refractivity contribution is 5.85. The van der Waals surface area contributed by atoms with Gasteiger partial charge in [0, 0.05) is 0 Å². The highest BCUT2D eigenvalue weighted by atomic mass is 14.4. The van der Waals surface area contributed by atoms with Gasteiger partial charge < -0.3 is 5.73 Å². The van der Waals surface area contributed by atoms with E-state index in [2.05, 4.69) is 55.1 Å². The summed E-state index contributed by atoms with van der Waals surface area (Å²) in [4.78, 5) is 0. The van der Waals surface area contributed by atoms with Crippen LogP contribution in [0.5, 0.6) is 0 Å². The van der Waals surface area contributed by atoms with Gasteiger partial charge in [-0.1, -0.05) is 63.2 Å². The van der Waals surface area contributed by atoms with Crippen molar-refractivity contribution in [1.29, 1.82) is 0 Å². The molecular weight excluding hydrogens is 194 g/mol. The van der Waals surface area contributed by atoms with Crippen molar-refractivity contribution in [3.05, 3.63) is 48.0 Å². The normalized spacial score (nSPS) is 8.56. The van der Waals surface area contributed by atoms with E-state index in [1.54, 1.807) is 0 Å². The summed E-state index contributed by atoms with van der Waals surface area (Å²) in [7, 11) is 1.50. The second kappa shape index (κ2) is 8.93. The maximum absolute atomic E-state index is 4.50. The van der Waals surface area contributed by atoms with Gasteiger partial charge in [0.2, 0.25) is 0 Å². The summed E-state index contributed by atoms with van der Waals surface area (Å²) >= 11 is 0. The van der Waals surface area contributed by atoms with Crippen LogP contribution in [0.2, 0.25) is 0 Å². The smallest absolute Gasteiger partial charge is 0.0152 e. The van der Waals surface area contributed by atoms with Crippen LogP contribution in [0, 0.1) is 0 Å². The highest BCUT2D eigenvalue weighted by Gasteiger charge is 1.95. The zero-order valence-electron chi connectivity index (χ0n) is 10.8. The molecule has 0 aliphatic rings. The van der Waals surface area contributed by atoms with Crippen molar-refractivity contribution >= 4 is 10.8 Å². The summed E-state index contributed by atoms with van der Waals surface area (Å²) in [5.41, 5.74) is 5.94. The van der Waals surface area contributed by atoms with Crippen LogP contribution in [0.3, 0.4) is 0 Å². The molecule has 0 aliphatic heterocycles. The predicted molar refractivity (Wildman–Crippen MR) is 74.8 cm³/mol. The Morgan fingerprint density at radius 2 is 1.44 bits per heavy atom. The molecular formula is C15H23N. The van der Waals surface area contributed by atoms with E-state index in [1.807, 2.05) is 13.8 Å². The van der Waals surface area contributed by atoms with Gasteiger partial charge in [0.25, 0.3) is 0 Å². The molecule has 0 fully saturated rings. The Kier molecular flexibility index (Phi) is 8.18. The molecule has 0 amide bonds. The molecule has 0 aliphatic carbocycles. The highest BCUT2D eigenvalue weighted by Crippen LogP contribution is 2.18. The van der Waals surface area contributed by atoms with Gasteiger partial charge in [-0.25, -0.2) is 0 Å². The van der Waals surface area contributed by atoms with Crippen LogP contribution in [0.15, 0.2) is 42.5 Å². The Bertz CT molecular complexity index is 388. The van der Waals surface area contributed by atoms with Crippen molar-refractivity contribution in [3.63, 3.8) is 0 Å².